The first-order valence-corrected chi connectivity index (χ1v) is 7.07. The van der Waals surface area contributed by atoms with Crippen LogP contribution in [0.5, 0.6) is 5.75 Å². The highest BCUT2D eigenvalue weighted by Gasteiger charge is 2.17. The van der Waals surface area contributed by atoms with E-state index >= 15 is 0 Å². The molecule has 1 aromatic heterocycles. The first-order chi connectivity index (χ1) is 9.45. The van der Waals surface area contributed by atoms with Crippen molar-refractivity contribution in [3.05, 3.63) is 39.5 Å². The fourth-order valence-electron chi connectivity index (χ4n) is 1.52. The van der Waals surface area contributed by atoms with Crippen LogP contribution in [-0.4, -0.2) is 22.2 Å². The van der Waals surface area contributed by atoms with Gasteiger partial charge in [-0.3, -0.25) is 9.89 Å². The second kappa shape index (κ2) is 6.28. The Bertz CT molecular complexity index is 630. The summed E-state index contributed by atoms with van der Waals surface area (Å²) >= 11 is 9.19. The van der Waals surface area contributed by atoms with Crippen LogP contribution in [0.15, 0.2) is 28.7 Å². The van der Waals surface area contributed by atoms with Crippen molar-refractivity contribution in [2.75, 3.05) is 5.32 Å². The van der Waals surface area contributed by atoms with Crippen LogP contribution in [0.1, 0.15) is 12.6 Å². The number of ether oxygens (including phenoxy) is 1. The Labute approximate surface area is 129 Å². The standard InChI is InChI=1S/C13H13BrClN3O2/c1-7-5-12(18-17-7)16-13(19)8(2)20-11-4-3-9(15)6-10(11)14/h3-6,8H,1-2H3,(H2,16,17,18,19). The average molecular weight is 359 g/mol. The van der Waals surface area contributed by atoms with Crippen molar-refractivity contribution in [1.29, 1.82) is 0 Å². The molecule has 5 nitrogen and oxygen atoms in total. The molecule has 1 amide bonds. The number of hydrogen-bond acceptors (Lipinski definition) is 3. The molecule has 7 heteroatoms. The minimum absolute atomic E-state index is 0.279. The zero-order chi connectivity index (χ0) is 14.7. The second-order valence-electron chi connectivity index (χ2n) is 4.26. The Kier molecular flexibility index (Phi) is 4.67. The molecule has 2 rings (SSSR count). The van der Waals surface area contributed by atoms with Gasteiger partial charge in [0.2, 0.25) is 0 Å². The van der Waals surface area contributed by atoms with Gasteiger partial charge in [0, 0.05) is 16.8 Å². The van der Waals surface area contributed by atoms with Crippen LogP contribution in [0.3, 0.4) is 0 Å². The molecule has 1 aromatic carbocycles. The molecule has 0 radical (unpaired) electrons. The van der Waals surface area contributed by atoms with Crippen LogP contribution in [0.4, 0.5) is 5.82 Å². The molecule has 1 heterocycles. The van der Waals surface area contributed by atoms with Gasteiger partial charge in [-0.25, -0.2) is 0 Å². The average Bonchev–Trinajstić information content (AvgIpc) is 2.78. The highest BCUT2D eigenvalue weighted by atomic mass is 79.9. The number of aromatic amines is 1. The fraction of sp³-hybridized carbons (Fsp3) is 0.231. The smallest absolute Gasteiger partial charge is 0.266 e. The third-order valence-corrected chi connectivity index (χ3v) is 3.38. The minimum Gasteiger partial charge on any atom is -0.480 e. The van der Waals surface area contributed by atoms with E-state index in [-0.39, 0.29) is 5.91 Å². The summed E-state index contributed by atoms with van der Waals surface area (Å²) in [7, 11) is 0. The largest absolute Gasteiger partial charge is 0.480 e. The van der Waals surface area contributed by atoms with Crippen molar-refractivity contribution >= 4 is 39.3 Å². The highest BCUT2D eigenvalue weighted by molar-refractivity contribution is 9.10. The van der Waals surface area contributed by atoms with E-state index in [0.29, 0.717) is 21.1 Å². The number of nitrogens with zero attached hydrogens (tertiary/aromatic N) is 1. The van der Waals surface area contributed by atoms with E-state index < -0.39 is 6.10 Å². The number of H-pyrrole nitrogens is 1. The van der Waals surface area contributed by atoms with Crippen LogP contribution in [-0.2, 0) is 4.79 Å². The molecule has 0 bridgehead atoms. The van der Waals surface area contributed by atoms with Crippen LogP contribution < -0.4 is 10.1 Å². The molecule has 2 N–H and O–H groups in total. The monoisotopic (exact) mass is 357 g/mol. The maximum Gasteiger partial charge on any atom is 0.266 e. The van der Waals surface area contributed by atoms with Gasteiger partial charge in [-0.2, -0.15) is 5.10 Å². The number of hydrogen-bond donors (Lipinski definition) is 2. The topological polar surface area (TPSA) is 67.0 Å². The summed E-state index contributed by atoms with van der Waals surface area (Å²) in [4.78, 5) is 12.0. The predicted octanol–water partition coefficient (Wildman–Crippen LogP) is 3.54. The number of amides is 1. The summed E-state index contributed by atoms with van der Waals surface area (Å²) in [5.41, 5.74) is 0.870. The molecule has 1 unspecified atom stereocenters. The molecule has 0 aliphatic carbocycles. The molecule has 0 aliphatic heterocycles. The van der Waals surface area contributed by atoms with E-state index in [1.807, 2.05) is 6.92 Å². The Morgan fingerprint density at radius 1 is 1.50 bits per heavy atom. The first-order valence-electron chi connectivity index (χ1n) is 5.90. The van der Waals surface area contributed by atoms with Crippen LogP contribution in [0, 0.1) is 6.92 Å². The minimum atomic E-state index is -0.663. The quantitative estimate of drug-likeness (QED) is 0.878. The number of rotatable bonds is 4. The van der Waals surface area contributed by atoms with Gasteiger partial charge in [0.05, 0.1) is 4.47 Å². The van der Waals surface area contributed by atoms with Crippen LogP contribution >= 0.6 is 27.5 Å². The Hall–Kier alpha value is -1.53. The van der Waals surface area contributed by atoms with Gasteiger partial charge in [0.25, 0.3) is 5.91 Å². The van der Waals surface area contributed by atoms with E-state index in [4.69, 9.17) is 16.3 Å². The molecule has 0 spiro atoms. The van der Waals surface area contributed by atoms with Crippen molar-refractivity contribution in [3.63, 3.8) is 0 Å². The lowest BCUT2D eigenvalue weighted by Gasteiger charge is -2.15. The van der Waals surface area contributed by atoms with Crippen LogP contribution in [0.25, 0.3) is 0 Å². The lowest BCUT2D eigenvalue weighted by atomic mass is 10.3. The van der Waals surface area contributed by atoms with Crippen molar-refractivity contribution in [2.24, 2.45) is 0 Å². The highest BCUT2D eigenvalue weighted by Crippen LogP contribution is 2.28. The summed E-state index contributed by atoms with van der Waals surface area (Å²) < 4.78 is 6.28. The predicted molar refractivity (Wildman–Crippen MR) is 81.2 cm³/mol. The van der Waals surface area contributed by atoms with Crippen molar-refractivity contribution in [3.8, 4) is 5.75 Å². The van der Waals surface area contributed by atoms with Gasteiger partial charge in [-0.1, -0.05) is 11.6 Å². The summed E-state index contributed by atoms with van der Waals surface area (Å²) in [5.74, 6) is 0.742. The van der Waals surface area contributed by atoms with E-state index in [1.165, 1.54) is 0 Å². The number of anilines is 1. The number of aryl methyl sites for hydroxylation is 1. The Balaban J connectivity index is 2.00. The normalized spacial score (nSPS) is 12.0. The number of carbonyl (C=O) groups excluding carboxylic acids is 1. The zero-order valence-electron chi connectivity index (χ0n) is 10.9. The molecule has 20 heavy (non-hydrogen) atoms. The van der Waals surface area contributed by atoms with E-state index in [9.17, 15) is 4.79 Å². The Morgan fingerprint density at radius 3 is 2.85 bits per heavy atom. The van der Waals surface area contributed by atoms with Gasteiger partial charge in [-0.05, 0) is 48.0 Å². The van der Waals surface area contributed by atoms with Crippen LogP contribution in [0.2, 0.25) is 5.02 Å². The van der Waals surface area contributed by atoms with Gasteiger partial charge >= 0.3 is 0 Å². The van der Waals surface area contributed by atoms with Gasteiger partial charge < -0.3 is 10.1 Å². The summed E-state index contributed by atoms with van der Waals surface area (Å²) in [6.45, 7) is 3.52. The molecule has 0 saturated heterocycles. The van der Waals surface area contributed by atoms with E-state index in [0.717, 1.165) is 5.69 Å². The number of benzene rings is 1. The molecule has 2 aromatic rings. The van der Waals surface area contributed by atoms with Crippen molar-refractivity contribution < 1.29 is 9.53 Å². The third kappa shape index (κ3) is 3.74. The maximum absolute atomic E-state index is 12.0. The van der Waals surface area contributed by atoms with E-state index in [1.54, 1.807) is 31.2 Å². The zero-order valence-corrected chi connectivity index (χ0v) is 13.2. The molecular weight excluding hydrogens is 346 g/mol. The lowest BCUT2D eigenvalue weighted by molar-refractivity contribution is -0.122. The SMILES string of the molecule is Cc1cc(NC(=O)C(C)Oc2ccc(Cl)cc2Br)n[nH]1. The third-order valence-electron chi connectivity index (χ3n) is 2.52. The fourth-order valence-corrected chi connectivity index (χ4v) is 2.30. The van der Waals surface area contributed by atoms with Crippen molar-refractivity contribution in [1.82, 2.24) is 10.2 Å². The van der Waals surface area contributed by atoms with Gasteiger partial charge in [0.1, 0.15) is 5.75 Å². The summed E-state index contributed by atoms with van der Waals surface area (Å²) in [6.07, 6.45) is -0.663. The van der Waals surface area contributed by atoms with Gasteiger partial charge in [-0.15, -0.1) is 0 Å². The molecular formula is C13H13BrClN3O2. The number of aromatic nitrogens is 2. The second-order valence-corrected chi connectivity index (χ2v) is 5.55. The summed E-state index contributed by atoms with van der Waals surface area (Å²) in [6, 6.07) is 6.85. The molecule has 0 aliphatic rings. The van der Waals surface area contributed by atoms with E-state index in [2.05, 4.69) is 31.4 Å². The Morgan fingerprint density at radius 2 is 2.25 bits per heavy atom. The molecule has 1 atom stereocenters. The summed E-state index contributed by atoms with van der Waals surface area (Å²) in [5, 5.41) is 9.94. The molecule has 106 valence electrons. The van der Waals surface area contributed by atoms with Gasteiger partial charge in [0.15, 0.2) is 11.9 Å². The maximum atomic E-state index is 12.0. The molecule has 0 saturated carbocycles. The van der Waals surface area contributed by atoms with Crippen molar-refractivity contribution in [2.45, 2.75) is 20.0 Å². The number of halogens is 2. The number of carbonyl (C=O) groups is 1. The lowest BCUT2D eigenvalue weighted by Crippen LogP contribution is -2.30. The molecule has 0 fully saturated rings. The number of nitrogens with one attached hydrogen (secondary N) is 2. The first kappa shape index (κ1) is 14.9.